The fourth-order valence-corrected chi connectivity index (χ4v) is 3.37. The molecule has 0 aliphatic carbocycles. The number of benzene rings is 1. The molecule has 11 heteroatoms. The summed E-state index contributed by atoms with van der Waals surface area (Å²) in [5.74, 6) is -0.767. The summed E-state index contributed by atoms with van der Waals surface area (Å²) < 4.78 is 45.6. The Kier molecular flexibility index (Phi) is 5.15. The van der Waals surface area contributed by atoms with Crippen molar-refractivity contribution in [3.05, 3.63) is 45.9 Å². The first-order chi connectivity index (χ1) is 12.7. The van der Waals surface area contributed by atoms with Crippen molar-refractivity contribution in [1.82, 2.24) is 4.98 Å². The molecule has 1 aliphatic rings. The molecular formula is C16H13ClF3N3O3S. The van der Waals surface area contributed by atoms with Gasteiger partial charge in [-0.05, 0) is 24.6 Å². The van der Waals surface area contributed by atoms with E-state index in [4.69, 9.17) is 16.3 Å². The number of aliphatic hydroxyl groups is 1. The smallest absolute Gasteiger partial charge is 0.438 e. The van der Waals surface area contributed by atoms with E-state index in [1.165, 1.54) is 29.6 Å². The summed E-state index contributed by atoms with van der Waals surface area (Å²) in [4.78, 5) is 15.6. The molecule has 1 N–H and O–H groups in total. The molecule has 2 aromatic rings. The molecule has 0 radical (unpaired) electrons. The summed E-state index contributed by atoms with van der Waals surface area (Å²) in [5, 5.41) is 16.1. The van der Waals surface area contributed by atoms with Crippen LogP contribution in [0.3, 0.4) is 0 Å². The van der Waals surface area contributed by atoms with Crippen molar-refractivity contribution in [1.29, 1.82) is 0 Å². The Morgan fingerprint density at radius 3 is 2.67 bits per heavy atom. The van der Waals surface area contributed by atoms with Gasteiger partial charge in [0.1, 0.15) is 0 Å². The Morgan fingerprint density at radius 2 is 2.07 bits per heavy atom. The quantitative estimate of drug-likeness (QED) is 0.762. The molecule has 27 heavy (non-hydrogen) atoms. The van der Waals surface area contributed by atoms with Crippen molar-refractivity contribution < 1.29 is 27.8 Å². The molecule has 1 aromatic heterocycles. The van der Waals surface area contributed by atoms with Gasteiger partial charge in [-0.1, -0.05) is 23.7 Å². The lowest BCUT2D eigenvalue weighted by molar-refractivity contribution is -0.254. The largest absolute Gasteiger partial charge is 0.461 e. The summed E-state index contributed by atoms with van der Waals surface area (Å²) in [5.41, 5.74) is -3.05. The Hall–Kier alpha value is -2.17. The van der Waals surface area contributed by atoms with Gasteiger partial charge in [0.25, 0.3) is 5.72 Å². The fraction of sp³-hybridized carbons (Fsp3) is 0.312. The number of hydrogen-bond donors (Lipinski definition) is 1. The minimum Gasteiger partial charge on any atom is -0.461 e. The Balaban J connectivity index is 2.01. The number of carbonyl (C=O) groups excluding carboxylic acids is 1. The summed E-state index contributed by atoms with van der Waals surface area (Å²) in [6.07, 6.45) is -5.81. The maximum atomic E-state index is 13.6. The third kappa shape index (κ3) is 3.64. The van der Waals surface area contributed by atoms with Crippen molar-refractivity contribution >= 4 is 39.8 Å². The van der Waals surface area contributed by atoms with Crippen LogP contribution in [0.4, 0.5) is 18.3 Å². The van der Waals surface area contributed by atoms with E-state index < -0.39 is 24.3 Å². The van der Waals surface area contributed by atoms with Gasteiger partial charge >= 0.3 is 12.1 Å². The molecule has 1 atom stereocenters. The van der Waals surface area contributed by atoms with Crippen molar-refractivity contribution in [3.8, 4) is 0 Å². The number of nitrogens with zero attached hydrogens (tertiary/aromatic N) is 3. The number of anilines is 1. The maximum absolute atomic E-state index is 13.6. The van der Waals surface area contributed by atoms with Crippen LogP contribution in [0.5, 0.6) is 0 Å². The van der Waals surface area contributed by atoms with Crippen LogP contribution >= 0.6 is 22.9 Å². The van der Waals surface area contributed by atoms with E-state index in [1.54, 1.807) is 6.92 Å². The van der Waals surface area contributed by atoms with Gasteiger partial charge in [0, 0.05) is 10.4 Å². The first-order valence-electron chi connectivity index (χ1n) is 7.71. The molecule has 1 aliphatic heterocycles. The predicted octanol–water partition coefficient (Wildman–Crippen LogP) is 3.84. The fourth-order valence-electron chi connectivity index (χ4n) is 2.43. The average Bonchev–Trinajstić information content (AvgIpc) is 3.20. The number of esters is 1. The summed E-state index contributed by atoms with van der Waals surface area (Å²) in [7, 11) is 0. The van der Waals surface area contributed by atoms with Crippen LogP contribution in [0.1, 0.15) is 29.4 Å². The van der Waals surface area contributed by atoms with Crippen LogP contribution in [0.15, 0.2) is 34.7 Å². The van der Waals surface area contributed by atoms with Crippen LogP contribution < -0.4 is 5.01 Å². The lowest BCUT2D eigenvalue weighted by atomic mass is 10.0. The number of thiazole rings is 1. The molecular weight excluding hydrogens is 407 g/mol. The average molecular weight is 420 g/mol. The number of alkyl halides is 3. The first-order valence-corrected chi connectivity index (χ1v) is 8.97. The van der Waals surface area contributed by atoms with Gasteiger partial charge in [-0.2, -0.15) is 23.3 Å². The molecule has 0 fully saturated rings. The standard InChI is InChI=1S/C16H13ClF3N3O3S/c1-2-26-13(24)12-8-27-14(21-12)23-15(25,16(18,19)20)7-11(22-23)9-3-5-10(17)6-4-9/h3-6,8,25H,2,7H2,1H3. The second kappa shape index (κ2) is 7.10. The van der Waals surface area contributed by atoms with E-state index in [9.17, 15) is 23.1 Å². The minimum absolute atomic E-state index is 0.0133. The summed E-state index contributed by atoms with van der Waals surface area (Å²) in [6.45, 7) is 1.69. The van der Waals surface area contributed by atoms with E-state index in [-0.39, 0.29) is 23.1 Å². The number of hydrogen-bond acceptors (Lipinski definition) is 7. The van der Waals surface area contributed by atoms with E-state index in [0.29, 0.717) is 15.6 Å². The molecule has 1 unspecified atom stereocenters. The second-order valence-electron chi connectivity index (χ2n) is 5.59. The number of rotatable bonds is 4. The molecule has 6 nitrogen and oxygen atoms in total. The van der Waals surface area contributed by atoms with E-state index in [1.807, 2.05) is 0 Å². The highest BCUT2D eigenvalue weighted by molar-refractivity contribution is 7.14. The van der Waals surface area contributed by atoms with Gasteiger partial charge in [-0.15, -0.1) is 11.3 Å². The second-order valence-corrected chi connectivity index (χ2v) is 6.87. The number of halogens is 4. The van der Waals surface area contributed by atoms with Crippen LogP contribution in [-0.4, -0.2) is 40.3 Å². The summed E-state index contributed by atoms with van der Waals surface area (Å²) in [6, 6.07) is 6.04. The van der Waals surface area contributed by atoms with Gasteiger partial charge < -0.3 is 9.84 Å². The van der Waals surface area contributed by atoms with E-state index in [0.717, 1.165) is 11.3 Å². The number of aromatic nitrogens is 1. The number of hydrazone groups is 1. The molecule has 0 spiro atoms. The zero-order valence-corrected chi connectivity index (χ0v) is 15.4. The Bertz CT molecular complexity index is 885. The van der Waals surface area contributed by atoms with Crippen molar-refractivity contribution in [2.24, 2.45) is 5.10 Å². The minimum atomic E-state index is -5.01. The predicted molar refractivity (Wildman–Crippen MR) is 94.2 cm³/mol. The molecule has 2 heterocycles. The van der Waals surface area contributed by atoms with Crippen molar-refractivity contribution in [2.75, 3.05) is 11.6 Å². The zero-order chi connectivity index (χ0) is 19.8. The Labute approximate surface area is 160 Å². The first kappa shape index (κ1) is 19.6. The molecule has 144 valence electrons. The van der Waals surface area contributed by atoms with Gasteiger partial charge in [0.05, 0.1) is 18.7 Å². The molecule has 3 rings (SSSR count). The van der Waals surface area contributed by atoms with Crippen LogP contribution in [0.2, 0.25) is 5.02 Å². The molecule has 0 amide bonds. The third-order valence-corrected chi connectivity index (χ3v) is 4.84. The van der Waals surface area contributed by atoms with Crippen LogP contribution in [0, 0.1) is 0 Å². The zero-order valence-electron chi connectivity index (χ0n) is 13.8. The lowest BCUT2D eigenvalue weighted by Crippen LogP contribution is -2.55. The normalized spacial score (nSPS) is 19.9. The number of carbonyl (C=O) groups is 1. The van der Waals surface area contributed by atoms with Gasteiger partial charge in [-0.3, -0.25) is 0 Å². The maximum Gasteiger partial charge on any atom is 0.438 e. The van der Waals surface area contributed by atoms with Gasteiger partial charge in [0.15, 0.2) is 5.69 Å². The highest BCUT2D eigenvalue weighted by Crippen LogP contribution is 2.44. The molecule has 1 aromatic carbocycles. The molecule has 0 saturated carbocycles. The van der Waals surface area contributed by atoms with Crippen LogP contribution in [-0.2, 0) is 4.74 Å². The molecule has 0 saturated heterocycles. The lowest BCUT2D eigenvalue weighted by Gasteiger charge is -2.32. The van der Waals surface area contributed by atoms with E-state index in [2.05, 4.69) is 10.1 Å². The monoisotopic (exact) mass is 419 g/mol. The SMILES string of the molecule is CCOC(=O)c1csc(N2N=C(c3ccc(Cl)cc3)CC2(O)C(F)(F)F)n1. The van der Waals surface area contributed by atoms with Gasteiger partial charge in [-0.25, -0.2) is 9.78 Å². The Morgan fingerprint density at radius 1 is 1.41 bits per heavy atom. The molecule has 0 bridgehead atoms. The van der Waals surface area contributed by atoms with Crippen molar-refractivity contribution in [3.63, 3.8) is 0 Å². The van der Waals surface area contributed by atoms with E-state index >= 15 is 0 Å². The summed E-state index contributed by atoms with van der Waals surface area (Å²) >= 11 is 6.54. The number of ether oxygens (including phenoxy) is 1. The van der Waals surface area contributed by atoms with Crippen molar-refractivity contribution in [2.45, 2.75) is 25.2 Å². The van der Waals surface area contributed by atoms with Gasteiger partial charge in [0.2, 0.25) is 5.13 Å². The highest BCUT2D eigenvalue weighted by Gasteiger charge is 2.62. The third-order valence-electron chi connectivity index (χ3n) is 3.77. The highest BCUT2D eigenvalue weighted by atomic mass is 35.5. The topological polar surface area (TPSA) is 75.0 Å². The van der Waals surface area contributed by atoms with Crippen LogP contribution in [0.25, 0.3) is 0 Å².